The molecule has 31 heavy (non-hydrogen) atoms. The molecule has 166 valence electrons. The molecule has 0 radical (unpaired) electrons. The lowest BCUT2D eigenvalue weighted by Gasteiger charge is -2.37. The predicted molar refractivity (Wildman–Crippen MR) is 123 cm³/mol. The molecule has 0 bridgehead atoms. The number of hydrogen-bond donors (Lipinski definition) is 0. The highest BCUT2D eigenvalue weighted by Crippen LogP contribution is 2.35. The van der Waals surface area contributed by atoms with Crippen molar-refractivity contribution in [3.05, 3.63) is 36.4 Å². The number of likely N-dealkylation sites (N-methyl/N-ethyl adjacent to an activating group) is 1. The molecule has 2 aromatic rings. The molecule has 4 heterocycles. The van der Waals surface area contributed by atoms with Gasteiger partial charge < -0.3 is 14.7 Å². The van der Waals surface area contributed by atoms with E-state index in [-0.39, 0.29) is 17.2 Å². The lowest BCUT2D eigenvalue weighted by molar-refractivity contribution is -0.140. The van der Waals surface area contributed by atoms with Crippen LogP contribution >= 0.6 is 0 Å². The summed E-state index contributed by atoms with van der Waals surface area (Å²) in [7, 11) is 2.15. The Morgan fingerprint density at radius 2 is 1.77 bits per heavy atom. The number of piperidine rings is 1. The van der Waals surface area contributed by atoms with Crippen LogP contribution in [0, 0.1) is 5.41 Å². The highest BCUT2D eigenvalue weighted by molar-refractivity contribution is 5.81. The molecular formula is C24H34N6O. The van der Waals surface area contributed by atoms with Crippen molar-refractivity contribution in [2.24, 2.45) is 5.41 Å². The highest BCUT2D eigenvalue weighted by Gasteiger charge is 2.33. The van der Waals surface area contributed by atoms with E-state index in [2.05, 4.69) is 21.8 Å². The fourth-order valence-corrected chi connectivity index (χ4v) is 4.47. The quantitative estimate of drug-likeness (QED) is 0.758. The van der Waals surface area contributed by atoms with Crippen LogP contribution in [0.1, 0.15) is 45.2 Å². The fraction of sp³-hybridized carbons (Fsp3) is 0.583. The van der Waals surface area contributed by atoms with Gasteiger partial charge in [0.2, 0.25) is 11.9 Å². The summed E-state index contributed by atoms with van der Waals surface area (Å²) >= 11 is 0. The van der Waals surface area contributed by atoms with Gasteiger partial charge in [0.25, 0.3) is 0 Å². The minimum absolute atomic E-state index is 0.206. The van der Waals surface area contributed by atoms with Crippen LogP contribution in [0.3, 0.4) is 0 Å². The standard InChI is InChI=1S/C24H34N6O/c1-24(2,3)22(31)30-11-5-6-19(17-30)21-20(18-7-9-25-10-8-18)16-26-23(27-21)29-14-12-28(4)13-15-29/h7-10,16,19H,5-6,11-15,17H2,1-4H3/t19-/m1/s1. The van der Waals surface area contributed by atoms with E-state index >= 15 is 0 Å². The summed E-state index contributed by atoms with van der Waals surface area (Å²) in [6.45, 7) is 11.4. The smallest absolute Gasteiger partial charge is 0.227 e. The molecule has 0 saturated carbocycles. The number of amides is 1. The molecule has 0 unspecified atom stereocenters. The van der Waals surface area contributed by atoms with E-state index in [0.29, 0.717) is 6.54 Å². The van der Waals surface area contributed by atoms with Gasteiger partial charge in [-0.05, 0) is 37.6 Å². The molecule has 1 atom stereocenters. The number of likely N-dealkylation sites (tertiary alicyclic amines) is 1. The van der Waals surface area contributed by atoms with Crippen molar-refractivity contribution in [1.29, 1.82) is 0 Å². The second-order valence-corrected chi connectivity index (χ2v) is 9.84. The van der Waals surface area contributed by atoms with E-state index in [9.17, 15) is 4.79 Å². The number of piperazine rings is 1. The third-order valence-electron chi connectivity index (χ3n) is 6.32. The van der Waals surface area contributed by atoms with E-state index in [0.717, 1.165) is 68.3 Å². The largest absolute Gasteiger partial charge is 0.342 e. The SMILES string of the molecule is CN1CCN(c2ncc(-c3ccncc3)c([C@@H]3CCCN(C(=O)C(C)(C)C)C3)n2)CC1. The van der Waals surface area contributed by atoms with Crippen molar-refractivity contribution in [2.45, 2.75) is 39.5 Å². The first kappa shape index (κ1) is 21.7. The zero-order chi connectivity index (χ0) is 22.0. The minimum Gasteiger partial charge on any atom is -0.342 e. The highest BCUT2D eigenvalue weighted by atomic mass is 16.2. The van der Waals surface area contributed by atoms with Crippen LogP contribution < -0.4 is 4.90 Å². The molecular weight excluding hydrogens is 388 g/mol. The predicted octanol–water partition coefficient (Wildman–Crippen LogP) is 3.04. The molecule has 1 amide bonds. The van der Waals surface area contributed by atoms with Crippen LogP contribution in [0.5, 0.6) is 0 Å². The van der Waals surface area contributed by atoms with Gasteiger partial charge in [-0.25, -0.2) is 9.97 Å². The second kappa shape index (κ2) is 8.91. The molecule has 7 nitrogen and oxygen atoms in total. The van der Waals surface area contributed by atoms with Gasteiger partial charge in [0.15, 0.2) is 0 Å². The van der Waals surface area contributed by atoms with Crippen LogP contribution in [0.15, 0.2) is 30.7 Å². The molecule has 0 N–H and O–H groups in total. The first-order chi connectivity index (χ1) is 14.8. The van der Waals surface area contributed by atoms with Gasteiger partial charge in [-0.1, -0.05) is 20.8 Å². The Kier molecular flexibility index (Phi) is 6.23. The Balaban J connectivity index is 1.68. The van der Waals surface area contributed by atoms with Gasteiger partial charge in [0, 0.05) is 74.8 Å². The van der Waals surface area contributed by atoms with Crippen molar-refractivity contribution in [3.63, 3.8) is 0 Å². The molecule has 0 aliphatic carbocycles. The Morgan fingerprint density at radius 3 is 2.45 bits per heavy atom. The van der Waals surface area contributed by atoms with E-state index < -0.39 is 0 Å². The Labute approximate surface area is 185 Å². The summed E-state index contributed by atoms with van der Waals surface area (Å²) in [6.07, 6.45) is 7.62. The zero-order valence-corrected chi connectivity index (χ0v) is 19.2. The number of hydrogen-bond acceptors (Lipinski definition) is 6. The number of anilines is 1. The van der Waals surface area contributed by atoms with Crippen LogP contribution in [0.2, 0.25) is 0 Å². The van der Waals surface area contributed by atoms with E-state index in [4.69, 9.17) is 9.97 Å². The van der Waals surface area contributed by atoms with Gasteiger partial charge >= 0.3 is 0 Å². The average molecular weight is 423 g/mol. The minimum atomic E-state index is -0.369. The van der Waals surface area contributed by atoms with Gasteiger partial charge in [-0.3, -0.25) is 9.78 Å². The second-order valence-electron chi connectivity index (χ2n) is 9.84. The van der Waals surface area contributed by atoms with Crippen molar-refractivity contribution in [3.8, 4) is 11.1 Å². The molecule has 2 aliphatic rings. The molecule has 0 spiro atoms. The Morgan fingerprint density at radius 1 is 1.06 bits per heavy atom. The van der Waals surface area contributed by atoms with Crippen molar-refractivity contribution < 1.29 is 4.79 Å². The number of carbonyl (C=O) groups excluding carboxylic acids is 1. The maximum atomic E-state index is 13.0. The molecule has 2 saturated heterocycles. The molecule has 0 aromatic carbocycles. The first-order valence-corrected chi connectivity index (χ1v) is 11.3. The lowest BCUT2D eigenvalue weighted by atomic mass is 9.87. The summed E-state index contributed by atoms with van der Waals surface area (Å²) in [5, 5.41) is 0. The number of nitrogens with zero attached hydrogens (tertiary/aromatic N) is 6. The lowest BCUT2D eigenvalue weighted by Crippen LogP contribution is -2.46. The van der Waals surface area contributed by atoms with Crippen LogP contribution in [0.4, 0.5) is 5.95 Å². The molecule has 4 rings (SSSR count). The zero-order valence-electron chi connectivity index (χ0n) is 19.2. The third kappa shape index (κ3) is 4.87. The first-order valence-electron chi connectivity index (χ1n) is 11.3. The van der Waals surface area contributed by atoms with E-state index in [1.807, 2.05) is 56.4 Å². The summed E-state index contributed by atoms with van der Waals surface area (Å²) in [6, 6.07) is 4.03. The van der Waals surface area contributed by atoms with Crippen LogP contribution in [-0.2, 0) is 4.79 Å². The number of carbonyl (C=O) groups is 1. The number of rotatable bonds is 3. The molecule has 2 fully saturated rings. The normalized spacial score (nSPS) is 20.7. The maximum Gasteiger partial charge on any atom is 0.227 e. The average Bonchev–Trinajstić information content (AvgIpc) is 2.79. The summed E-state index contributed by atoms with van der Waals surface area (Å²) < 4.78 is 0. The van der Waals surface area contributed by atoms with Gasteiger partial charge in [-0.15, -0.1) is 0 Å². The van der Waals surface area contributed by atoms with Gasteiger partial charge in [0.05, 0.1) is 5.69 Å². The molecule has 2 aromatic heterocycles. The maximum absolute atomic E-state index is 13.0. The third-order valence-corrected chi connectivity index (χ3v) is 6.32. The Hall–Kier alpha value is -2.54. The summed E-state index contributed by atoms with van der Waals surface area (Å²) in [4.78, 5) is 33.6. The van der Waals surface area contributed by atoms with E-state index in [1.54, 1.807) is 0 Å². The van der Waals surface area contributed by atoms with E-state index in [1.165, 1.54) is 0 Å². The number of aromatic nitrogens is 3. The van der Waals surface area contributed by atoms with Crippen molar-refractivity contribution >= 4 is 11.9 Å². The molecule has 7 heteroatoms. The van der Waals surface area contributed by atoms with Gasteiger partial charge in [0.1, 0.15) is 0 Å². The summed E-state index contributed by atoms with van der Waals surface area (Å²) in [5.74, 6) is 1.23. The van der Waals surface area contributed by atoms with Crippen molar-refractivity contribution in [1.82, 2.24) is 24.8 Å². The Bertz CT molecular complexity index is 902. The topological polar surface area (TPSA) is 65.5 Å². The fourth-order valence-electron chi connectivity index (χ4n) is 4.47. The van der Waals surface area contributed by atoms with Crippen molar-refractivity contribution in [2.75, 3.05) is 51.2 Å². The molecule has 2 aliphatic heterocycles. The monoisotopic (exact) mass is 422 g/mol. The number of pyridine rings is 1. The van der Waals surface area contributed by atoms with Crippen LogP contribution in [0.25, 0.3) is 11.1 Å². The summed E-state index contributed by atoms with van der Waals surface area (Å²) in [5.41, 5.74) is 2.82. The van der Waals surface area contributed by atoms with Crippen LogP contribution in [-0.4, -0.2) is 77.0 Å². The van der Waals surface area contributed by atoms with Gasteiger partial charge in [-0.2, -0.15) is 0 Å².